The summed E-state index contributed by atoms with van der Waals surface area (Å²) in [6.45, 7) is 0. The predicted molar refractivity (Wildman–Crippen MR) is 81.7 cm³/mol. The Morgan fingerprint density at radius 3 is 2.68 bits per heavy atom. The van der Waals surface area contributed by atoms with E-state index in [-0.39, 0.29) is 10.5 Å². The summed E-state index contributed by atoms with van der Waals surface area (Å²) < 4.78 is 4.99. The van der Waals surface area contributed by atoms with Crippen molar-refractivity contribution in [2.45, 2.75) is 0 Å². The summed E-state index contributed by atoms with van der Waals surface area (Å²) in [5.74, 6) is 7.97. The monoisotopic (exact) mass is 294 g/mol. The molecule has 1 atom stereocenters. The standard InChI is InChI=1S/C15H11N5O2/c16-20-9-12(10-3-5-11(21)6-4-10)17-8-14(20)18-15(19-20)13-2-1-7-22-13/h1-9H,16H2/p+1. The van der Waals surface area contributed by atoms with Crippen molar-refractivity contribution >= 4 is 23.6 Å². The number of hydrogen-bond acceptors (Lipinski definition) is 6. The van der Waals surface area contributed by atoms with Crippen LogP contribution in [0.25, 0.3) is 5.70 Å². The van der Waals surface area contributed by atoms with Gasteiger partial charge in [-0.3, -0.25) is 0 Å². The smallest absolute Gasteiger partial charge is 0.300 e. The molecule has 1 aromatic carbocycles. The molecule has 0 amide bonds. The van der Waals surface area contributed by atoms with Crippen LogP contribution in [-0.4, -0.2) is 27.7 Å². The van der Waals surface area contributed by atoms with Crippen LogP contribution >= 0.6 is 0 Å². The molecule has 4 rings (SSSR count). The normalized spacial score (nSPS) is 22.9. The molecule has 108 valence electrons. The van der Waals surface area contributed by atoms with E-state index in [9.17, 15) is 5.11 Å². The summed E-state index contributed by atoms with van der Waals surface area (Å²) in [4.78, 5) is 8.71. The molecule has 0 aliphatic carbocycles. The minimum Gasteiger partial charge on any atom is -0.508 e. The van der Waals surface area contributed by atoms with Gasteiger partial charge < -0.3 is 9.52 Å². The second-order valence-corrected chi connectivity index (χ2v) is 4.93. The van der Waals surface area contributed by atoms with Crippen molar-refractivity contribution in [1.82, 2.24) is 0 Å². The van der Waals surface area contributed by atoms with Crippen LogP contribution < -0.4 is 5.84 Å². The lowest BCUT2D eigenvalue weighted by Crippen LogP contribution is -2.50. The number of rotatable bonds is 2. The van der Waals surface area contributed by atoms with Crippen LogP contribution in [0.1, 0.15) is 11.3 Å². The lowest BCUT2D eigenvalue weighted by atomic mass is 10.1. The van der Waals surface area contributed by atoms with Crippen molar-refractivity contribution in [3.8, 4) is 5.75 Å². The first kappa shape index (κ1) is 12.7. The molecule has 0 saturated heterocycles. The summed E-state index contributed by atoms with van der Waals surface area (Å²) in [5.41, 5.74) is 1.49. The number of amidine groups is 2. The van der Waals surface area contributed by atoms with E-state index >= 15 is 0 Å². The van der Waals surface area contributed by atoms with Crippen molar-refractivity contribution in [2.75, 3.05) is 0 Å². The Morgan fingerprint density at radius 1 is 1.14 bits per heavy atom. The summed E-state index contributed by atoms with van der Waals surface area (Å²) in [7, 11) is 0. The van der Waals surface area contributed by atoms with Crippen LogP contribution in [0.3, 0.4) is 0 Å². The average molecular weight is 294 g/mol. The molecule has 0 saturated carbocycles. The van der Waals surface area contributed by atoms with Crippen molar-refractivity contribution < 1.29 is 14.2 Å². The van der Waals surface area contributed by atoms with Gasteiger partial charge in [-0.15, -0.1) is 5.84 Å². The Hall–Kier alpha value is -3.03. The topological polar surface area (TPSA) is 96.5 Å². The second-order valence-electron chi connectivity index (χ2n) is 4.93. The van der Waals surface area contributed by atoms with E-state index in [1.54, 1.807) is 55.1 Å². The van der Waals surface area contributed by atoms with Crippen LogP contribution in [0.5, 0.6) is 5.75 Å². The molecule has 0 fully saturated rings. The highest BCUT2D eigenvalue weighted by Crippen LogP contribution is 2.27. The van der Waals surface area contributed by atoms with E-state index in [1.165, 1.54) is 0 Å². The molecule has 7 nitrogen and oxygen atoms in total. The van der Waals surface area contributed by atoms with E-state index in [0.29, 0.717) is 23.1 Å². The first-order valence-electron chi connectivity index (χ1n) is 6.61. The van der Waals surface area contributed by atoms with Crippen molar-refractivity contribution in [3.63, 3.8) is 0 Å². The Kier molecular flexibility index (Phi) is 2.59. The van der Waals surface area contributed by atoms with Gasteiger partial charge in [0, 0.05) is 5.56 Å². The number of furan rings is 1. The van der Waals surface area contributed by atoms with E-state index in [1.807, 2.05) is 0 Å². The number of phenolic OH excluding ortho intramolecular Hbond substituents is 1. The number of quaternary nitrogens is 1. The summed E-state index contributed by atoms with van der Waals surface area (Å²) >= 11 is 0. The molecule has 7 heteroatoms. The number of phenols is 1. The van der Waals surface area contributed by atoms with E-state index in [2.05, 4.69) is 15.1 Å². The lowest BCUT2D eigenvalue weighted by molar-refractivity contribution is -0.802. The van der Waals surface area contributed by atoms with Gasteiger partial charge in [0.25, 0.3) is 11.7 Å². The van der Waals surface area contributed by atoms with Gasteiger partial charge in [-0.1, -0.05) is 0 Å². The van der Waals surface area contributed by atoms with Gasteiger partial charge in [0.1, 0.15) is 17.7 Å². The predicted octanol–water partition coefficient (Wildman–Crippen LogP) is 1.83. The number of hydrogen-bond donors (Lipinski definition) is 2. The van der Waals surface area contributed by atoms with Crippen molar-refractivity contribution in [3.05, 3.63) is 60.2 Å². The summed E-state index contributed by atoms with van der Waals surface area (Å²) in [6, 6.07) is 10.3. The number of aromatic hydroxyl groups is 1. The number of nitrogens with two attached hydrogens (primary N) is 1. The molecular weight excluding hydrogens is 282 g/mol. The van der Waals surface area contributed by atoms with Gasteiger partial charge in [-0.05, 0) is 46.2 Å². The Morgan fingerprint density at radius 2 is 1.95 bits per heavy atom. The number of nitrogens with zero attached hydrogens (tertiary/aromatic N) is 4. The SMILES string of the molecule is N[N+]12C=C(c3ccc(O)cc3)N=CC1=NC(c1ccco1)=N2. The molecule has 2 aliphatic rings. The van der Waals surface area contributed by atoms with Crippen molar-refractivity contribution in [2.24, 2.45) is 20.9 Å². The minimum absolute atomic E-state index is 0.197. The average Bonchev–Trinajstić information content (AvgIpc) is 3.13. The summed E-state index contributed by atoms with van der Waals surface area (Å²) in [6.07, 6.45) is 4.84. The first-order chi connectivity index (χ1) is 10.6. The fourth-order valence-electron chi connectivity index (χ4n) is 2.27. The second kappa shape index (κ2) is 4.48. The molecule has 2 aromatic rings. The highest BCUT2D eigenvalue weighted by Gasteiger charge is 2.40. The highest BCUT2D eigenvalue weighted by molar-refractivity contribution is 6.32. The molecule has 2 aliphatic heterocycles. The maximum absolute atomic E-state index is 9.36. The molecular formula is C15H12N5O2+. The largest absolute Gasteiger partial charge is 0.508 e. The lowest BCUT2D eigenvalue weighted by Gasteiger charge is -2.19. The van der Waals surface area contributed by atoms with Gasteiger partial charge in [0.15, 0.2) is 12.0 Å². The molecule has 1 aromatic heterocycles. The zero-order valence-electron chi connectivity index (χ0n) is 11.4. The van der Waals surface area contributed by atoms with Gasteiger partial charge in [0.05, 0.1) is 6.26 Å². The molecule has 1 unspecified atom stereocenters. The van der Waals surface area contributed by atoms with Crippen LogP contribution in [0.4, 0.5) is 0 Å². The van der Waals surface area contributed by atoms with Crippen LogP contribution in [0, 0.1) is 0 Å². The van der Waals surface area contributed by atoms with Crippen molar-refractivity contribution in [1.29, 1.82) is 0 Å². The van der Waals surface area contributed by atoms with Gasteiger partial charge in [0.2, 0.25) is 0 Å². The summed E-state index contributed by atoms with van der Waals surface area (Å²) in [5, 5.41) is 13.8. The number of benzene rings is 1. The van der Waals surface area contributed by atoms with Gasteiger partial charge in [-0.2, -0.15) is 4.99 Å². The zero-order valence-corrected chi connectivity index (χ0v) is 11.4. The molecule has 22 heavy (non-hydrogen) atoms. The van der Waals surface area contributed by atoms with Gasteiger partial charge in [-0.25, -0.2) is 4.99 Å². The maximum Gasteiger partial charge on any atom is 0.300 e. The molecule has 0 spiro atoms. The third-order valence-corrected chi connectivity index (χ3v) is 3.39. The van der Waals surface area contributed by atoms with E-state index in [4.69, 9.17) is 10.3 Å². The Labute approximate surface area is 125 Å². The molecule has 0 radical (unpaired) electrons. The minimum atomic E-state index is -0.310. The Bertz CT molecular complexity index is 847. The molecule has 3 heterocycles. The fraction of sp³-hybridized carbons (Fsp3) is 0. The van der Waals surface area contributed by atoms with Crippen LogP contribution in [0.2, 0.25) is 0 Å². The van der Waals surface area contributed by atoms with Gasteiger partial charge >= 0.3 is 0 Å². The first-order valence-corrected chi connectivity index (χ1v) is 6.61. The van der Waals surface area contributed by atoms with Crippen LogP contribution in [0.15, 0.2) is 68.4 Å². The van der Waals surface area contributed by atoms with E-state index in [0.717, 1.165) is 5.56 Å². The third kappa shape index (κ3) is 1.96. The molecule has 3 N–H and O–H groups in total. The van der Waals surface area contributed by atoms with E-state index < -0.39 is 0 Å². The Balaban J connectivity index is 1.75. The number of aliphatic imine (C=N–C) groups is 2. The molecule has 0 bridgehead atoms. The zero-order chi connectivity index (χ0) is 15.2. The number of fused-ring (bicyclic) bond motifs is 1. The quantitative estimate of drug-likeness (QED) is 0.653. The highest BCUT2D eigenvalue weighted by atomic mass is 16.3. The maximum atomic E-state index is 9.36. The third-order valence-electron chi connectivity index (χ3n) is 3.39. The fourth-order valence-corrected chi connectivity index (χ4v) is 2.27. The van der Waals surface area contributed by atoms with Crippen LogP contribution in [-0.2, 0) is 0 Å².